The second-order valence-corrected chi connectivity index (χ2v) is 8.74. The Balaban J connectivity index is 1.64. The molecule has 0 N–H and O–H groups in total. The highest BCUT2D eigenvalue weighted by molar-refractivity contribution is 7.91. The van der Waals surface area contributed by atoms with Crippen molar-refractivity contribution < 1.29 is 30.8 Å². The summed E-state index contributed by atoms with van der Waals surface area (Å²) in [6.45, 7) is 0.355. The minimum atomic E-state index is -4.52. The Kier molecular flexibility index (Phi) is 5.32. The molecular weight excluding hydrogens is 383 g/mol. The summed E-state index contributed by atoms with van der Waals surface area (Å²) < 4.78 is 68.4. The summed E-state index contributed by atoms with van der Waals surface area (Å²) in [5, 5.41) is -0.604. The van der Waals surface area contributed by atoms with E-state index in [-0.39, 0.29) is 37.2 Å². The van der Waals surface area contributed by atoms with Crippen LogP contribution in [0.3, 0.4) is 0 Å². The number of sulfone groups is 1. The van der Waals surface area contributed by atoms with Crippen molar-refractivity contribution in [3.63, 3.8) is 0 Å². The van der Waals surface area contributed by atoms with Crippen LogP contribution in [0.15, 0.2) is 47.1 Å². The van der Waals surface area contributed by atoms with Gasteiger partial charge in [0.05, 0.1) is 17.1 Å². The van der Waals surface area contributed by atoms with E-state index in [0.29, 0.717) is 5.76 Å². The predicted molar refractivity (Wildman–Crippen MR) is 91.7 cm³/mol. The normalized spacial score (nSPS) is 16.5. The standard InChI is InChI=1S/C18H18F3NO4S/c19-18(20,21)14-4-1-3-13(11-14)17(23)22-8-6-16(7-9-22)27(24,25)12-15-5-2-10-26-15/h1-5,10-11,16H,6-9,12H2. The van der Waals surface area contributed by atoms with Crippen LogP contribution in [0.2, 0.25) is 0 Å². The van der Waals surface area contributed by atoms with E-state index in [2.05, 4.69) is 0 Å². The van der Waals surface area contributed by atoms with Gasteiger partial charge in [0.25, 0.3) is 5.91 Å². The lowest BCUT2D eigenvalue weighted by atomic mass is 10.1. The molecule has 27 heavy (non-hydrogen) atoms. The number of carbonyl (C=O) groups is 1. The average molecular weight is 401 g/mol. The number of piperidine rings is 1. The van der Waals surface area contributed by atoms with Gasteiger partial charge in [-0.2, -0.15) is 13.2 Å². The SMILES string of the molecule is O=C(c1cccc(C(F)(F)F)c1)N1CCC(S(=O)(=O)Cc2ccco2)CC1. The van der Waals surface area contributed by atoms with Crippen molar-refractivity contribution in [1.29, 1.82) is 0 Å². The maximum Gasteiger partial charge on any atom is 0.416 e. The van der Waals surface area contributed by atoms with E-state index < -0.39 is 32.7 Å². The van der Waals surface area contributed by atoms with E-state index in [1.165, 1.54) is 23.3 Å². The molecule has 146 valence electrons. The number of benzene rings is 1. The van der Waals surface area contributed by atoms with Crippen molar-refractivity contribution in [2.75, 3.05) is 13.1 Å². The molecule has 1 aliphatic heterocycles. The Hall–Kier alpha value is -2.29. The van der Waals surface area contributed by atoms with E-state index in [1.807, 2.05) is 0 Å². The first-order chi connectivity index (χ1) is 12.7. The number of likely N-dealkylation sites (tertiary alicyclic amines) is 1. The molecule has 0 spiro atoms. The third-order valence-electron chi connectivity index (χ3n) is 4.60. The molecule has 5 nitrogen and oxygen atoms in total. The van der Waals surface area contributed by atoms with Crippen LogP contribution in [-0.2, 0) is 21.8 Å². The molecule has 2 heterocycles. The van der Waals surface area contributed by atoms with Gasteiger partial charge in [-0.25, -0.2) is 8.42 Å². The highest BCUT2D eigenvalue weighted by Crippen LogP contribution is 2.30. The van der Waals surface area contributed by atoms with Crippen LogP contribution in [0.1, 0.15) is 34.5 Å². The minimum Gasteiger partial charge on any atom is -0.468 e. The molecule has 0 unspecified atom stereocenters. The lowest BCUT2D eigenvalue weighted by Crippen LogP contribution is -2.42. The van der Waals surface area contributed by atoms with Crippen LogP contribution in [0.25, 0.3) is 0 Å². The highest BCUT2D eigenvalue weighted by atomic mass is 32.2. The molecule has 9 heteroatoms. The van der Waals surface area contributed by atoms with E-state index in [0.717, 1.165) is 12.1 Å². The van der Waals surface area contributed by atoms with E-state index >= 15 is 0 Å². The fourth-order valence-electron chi connectivity index (χ4n) is 3.14. The predicted octanol–water partition coefficient (Wildman–Crippen LogP) is 3.52. The zero-order valence-corrected chi connectivity index (χ0v) is 15.1. The molecule has 1 amide bonds. The molecular formula is C18H18F3NO4S. The maximum absolute atomic E-state index is 12.8. The minimum absolute atomic E-state index is 0.0540. The quantitative estimate of drug-likeness (QED) is 0.786. The number of hydrogen-bond donors (Lipinski definition) is 0. The molecule has 1 aromatic carbocycles. The molecule has 1 aliphatic rings. The second kappa shape index (κ2) is 7.38. The van der Waals surface area contributed by atoms with Crippen LogP contribution < -0.4 is 0 Å². The van der Waals surface area contributed by atoms with Gasteiger partial charge in [-0.05, 0) is 43.2 Å². The van der Waals surface area contributed by atoms with Gasteiger partial charge in [0.2, 0.25) is 0 Å². The molecule has 0 bridgehead atoms. The van der Waals surface area contributed by atoms with Crippen LogP contribution in [-0.4, -0.2) is 37.6 Å². The molecule has 0 radical (unpaired) electrons. The van der Waals surface area contributed by atoms with Crippen molar-refractivity contribution in [2.24, 2.45) is 0 Å². The Morgan fingerprint density at radius 2 is 1.85 bits per heavy atom. The van der Waals surface area contributed by atoms with Crippen molar-refractivity contribution in [1.82, 2.24) is 4.90 Å². The zero-order chi connectivity index (χ0) is 19.7. The molecule has 0 aliphatic carbocycles. The number of amides is 1. The third kappa shape index (κ3) is 4.52. The van der Waals surface area contributed by atoms with Gasteiger partial charge in [0.1, 0.15) is 11.5 Å². The first-order valence-corrected chi connectivity index (χ1v) is 10.1. The third-order valence-corrected chi connectivity index (χ3v) is 6.77. The Bertz CT molecular complexity index is 899. The second-order valence-electron chi connectivity index (χ2n) is 6.46. The number of carbonyl (C=O) groups excluding carboxylic acids is 1. The summed E-state index contributed by atoms with van der Waals surface area (Å²) in [6.07, 6.45) is -2.63. The first-order valence-electron chi connectivity index (χ1n) is 8.37. The van der Waals surface area contributed by atoms with E-state index in [4.69, 9.17) is 4.42 Å². The Labute approximate surface area is 154 Å². The van der Waals surface area contributed by atoms with Crippen molar-refractivity contribution in [3.05, 3.63) is 59.5 Å². The van der Waals surface area contributed by atoms with Gasteiger partial charge in [0, 0.05) is 18.7 Å². The van der Waals surface area contributed by atoms with Gasteiger partial charge in [-0.1, -0.05) is 6.07 Å². The number of alkyl halides is 3. The zero-order valence-electron chi connectivity index (χ0n) is 14.3. The van der Waals surface area contributed by atoms with Crippen molar-refractivity contribution in [2.45, 2.75) is 30.0 Å². The highest BCUT2D eigenvalue weighted by Gasteiger charge is 2.34. The van der Waals surface area contributed by atoms with Crippen molar-refractivity contribution in [3.8, 4) is 0 Å². The van der Waals surface area contributed by atoms with Crippen molar-refractivity contribution >= 4 is 15.7 Å². The lowest BCUT2D eigenvalue weighted by molar-refractivity contribution is -0.137. The number of furan rings is 1. The fraction of sp³-hybridized carbons (Fsp3) is 0.389. The molecule has 1 aromatic heterocycles. The smallest absolute Gasteiger partial charge is 0.416 e. The summed E-state index contributed by atoms with van der Waals surface area (Å²) in [7, 11) is -3.43. The molecule has 1 fully saturated rings. The van der Waals surface area contributed by atoms with E-state index in [9.17, 15) is 26.4 Å². The first kappa shape index (κ1) is 19.5. The van der Waals surface area contributed by atoms with Crippen LogP contribution >= 0.6 is 0 Å². The van der Waals surface area contributed by atoms with Gasteiger partial charge < -0.3 is 9.32 Å². The average Bonchev–Trinajstić information content (AvgIpc) is 3.13. The monoisotopic (exact) mass is 401 g/mol. The molecule has 3 rings (SSSR count). The molecule has 1 saturated heterocycles. The molecule has 0 atom stereocenters. The van der Waals surface area contributed by atoms with Crippen LogP contribution in [0.5, 0.6) is 0 Å². The summed E-state index contributed by atoms with van der Waals surface area (Å²) in [5.41, 5.74) is -0.939. The number of halogens is 3. The van der Waals surface area contributed by atoms with Crippen LogP contribution in [0, 0.1) is 0 Å². The topological polar surface area (TPSA) is 67.6 Å². The maximum atomic E-state index is 12.8. The number of nitrogens with zero attached hydrogens (tertiary/aromatic N) is 1. The van der Waals surface area contributed by atoms with E-state index in [1.54, 1.807) is 12.1 Å². The Morgan fingerprint density at radius 1 is 1.15 bits per heavy atom. The number of hydrogen-bond acceptors (Lipinski definition) is 4. The van der Waals surface area contributed by atoms with Crippen LogP contribution in [0.4, 0.5) is 13.2 Å². The van der Waals surface area contributed by atoms with Gasteiger partial charge in [-0.15, -0.1) is 0 Å². The molecule has 2 aromatic rings. The lowest BCUT2D eigenvalue weighted by Gasteiger charge is -2.31. The Morgan fingerprint density at radius 3 is 2.44 bits per heavy atom. The number of rotatable bonds is 4. The molecule has 0 saturated carbocycles. The summed E-state index contributed by atoms with van der Waals surface area (Å²) in [4.78, 5) is 13.9. The van der Waals surface area contributed by atoms with Gasteiger partial charge in [-0.3, -0.25) is 4.79 Å². The summed E-state index contributed by atoms with van der Waals surface area (Å²) in [6, 6.07) is 7.45. The fourth-order valence-corrected chi connectivity index (χ4v) is 4.87. The summed E-state index contributed by atoms with van der Waals surface area (Å²) >= 11 is 0. The summed E-state index contributed by atoms with van der Waals surface area (Å²) in [5.74, 6) is -0.368. The van der Waals surface area contributed by atoms with Gasteiger partial charge >= 0.3 is 6.18 Å². The van der Waals surface area contributed by atoms with Gasteiger partial charge in [0.15, 0.2) is 9.84 Å². The largest absolute Gasteiger partial charge is 0.468 e.